The fourth-order valence-electron chi connectivity index (χ4n) is 3.62. The molecule has 5 nitrogen and oxygen atoms in total. The van der Waals surface area contributed by atoms with Crippen LogP contribution >= 0.6 is 0 Å². The number of nitrogens with zero attached hydrogens (tertiary/aromatic N) is 1. The Hall–Kier alpha value is -1.26. The summed E-state index contributed by atoms with van der Waals surface area (Å²) in [6.45, 7) is 5.89. The van der Waals surface area contributed by atoms with Crippen LogP contribution in [0, 0.1) is 11.3 Å². The number of hydrogen-bond acceptors (Lipinski definition) is 2. The topological polar surface area (TPSA) is 69.6 Å². The lowest BCUT2D eigenvalue weighted by atomic mass is 9.84. The molecule has 2 aliphatic rings. The van der Waals surface area contributed by atoms with Crippen molar-refractivity contribution in [1.29, 1.82) is 0 Å². The standard InChI is InChI=1S/C16H28N2O3/c1-16(2)9-6-10-18(11-16)15(21)17-13-8-5-3-4-7-12(13)14(19)20/h12-13H,3-11H2,1-2H3,(H,17,21)(H,19,20). The normalized spacial score (nSPS) is 29.5. The van der Waals surface area contributed by atoms with E-state index in [-0.39, 0.29) is 17.5 Å². The number of carboxylic acid groups (broad SMARTS) is 1. The zero-order valence-corrected chi connectivity index (χ0v) is 13.2. The molecule has 0 aromatic rings. The molecule has 5 heteroatoms. The number of nitrogens with one attached hydrogen (secondary N) is 1. The highest BCUT2D eigenvalue weighted by Gasteiger charge is 2.34. The van der Waals surface area contributed by atoms with E-state index in [4.69, 9.17) is 0 Å². The Labute approximate surface area is 127 Å². The predicted octanol–water partition coefficient (Wildman–Crippen LogP) is 2.85. The quantitative estimate of drug-likeness (QED) is 0.770. The van der Waals surface area contributed by atoms with Crippen LogP contribution in [0.3, 0.4) is 0 Å². The van der Waals surface area contributed by atoms with Gasteiger partial charge in [0, 0.05) is 19.1 Å². The summed E-state index contributed by atoms with van der Waals surface area (Å²) in [4.78, 5) is 25.7. The second-order valence-corrected chi connectivity index (χ2v) is 7.33. The number of carboxylic acids is 1. The summed E-state index contributed by atoms with van der Waals surface area (Å²) in [5, 5.41) is 12.4. The zero-order chi connectivity index (χ0) is 15.5. The SMILES string of the molecule is CC1(C)CCCN(C(=O)NC2CCCCCC2C(=O)O)C1. The van der Waals surface area contributed by atoms with Gasteiger partial charge in [-0.25, -0.2) is 4.79 Å². The fraction of sp³-hybridized carbons (Fsp3) is 0.875. The maximum atomic E-state index is 12.5. The smallest absolute Gasteiger partial charge is 0.317 e. The maximum Gasteiger partial charge on any atom is 0.317 e. The first-order valence-electron chi connectivity index (χ1n) is 8.17. The molecule has 0 aromatic carbocycles. The van der Waals surface area contributed by atoms with Gasteiger partial charge < -0.3 is 15.3 Å². The van der Waals surface area contributed by atoms with Gasteiger partial charge in [0.2, 0.25) is 0 Å². The molecule has 1 aliphatic heterocycles. The molecule has 2 fully saturated rings. The van der Waals surface area contributed by atoms with Gasteiger partial charge in [-0.2, -0.15) is 0 Å². The number of rotatable bonds is 2. The average molecular weight is 296 g/mol. The Morgan fingerprint density at radius 1 is 1.14 bits per heavy atom. The molecule has 120 valence electrons. The maximum absolute atomic E-state index is 12.5. The molecule has 0 spiro atoms. The fourth-order valence-corrected chi connectivity index (χ4v) is 3.62. The summed E-state index contributed by atoms with van der Waals surface area (Å²) in [7, 11) is 0. The van der Waals surface area contributed by atoms with E-state index >= 15 is 0 Å². The molecule has 1 saturated carbocycles. The summed E-state index contributed by atoms with van der Waals surface area (Å²) in [6, 6.07) is -0.302. The van der Waals surface area contributed by atoms with E-state index in [2.05, 4.69) is 19.2 Å². The highest BCUT2D eigenvalue weighted by Crippen LogP contribution is 2.29. The number of aliphatic carboxylic acids is 1. The average Bonchev–Trinajstić information content (AvgIpc) is 2.63. The van der Waals surface area contributed by atoms with Gasteiger partial charge in [-0.3, -0.25) is 4.79 Å². The van der Waals surface area contributed by atoms with Crippen molar-refractivity contribution in [3.63, 3.8) is 0 Å². The first-order chi connectivity index (χ1) is 9.89. The molecule has 1 aliphatic carbocycles. The third-order valence-corrected chi connectivity index (χ3v) is 4.83. The van der Waals surface area contributed by atoms with Crippen molar-refractivity contribution in [3.8, 4) is 0 Å². The summed E-state index contributed by atoms with van der Waals surface area (Å²) < 4.78 is 0. The van der Waals surface area contributed by atoms with Gasteiger partial charge in [0.25, 0.3) is 0 Å². The van der Waals surface area contributed by atoms with Crippen molar-refractivity contribution in [1.82, 2.24) is 10.2 Å². The number of amides is 2. The minimum atomic E-state index is -0.777. The highest BCUT2D eigenvalue weighted by molar-refractivity contribution is 5.77. The molecule has 0 bridgehead atoms. The van der Waals surface area contributed by atoms with Gasteiger partial charge in [-0.05, 0) is 31.1 Å². The van der Waals surface area contributed by atoms with Gasteiger partial charge in [0.15, 0.2) is 0 Å². The Balaban J connectivity index is 1.97. The van der Waals surface area contributed by atoms with Crippen molar-refractivity contribution in [2.75, 3.05) is 13.1 Å². The summed E-state index contributed by atoms with van der Waals surface area (Å²) in [6.07, 6.45) is 6.62. The summed E-state index contributed by atoms with van der Waals surface area (Å²) in [5.41, 5.74) is 0.158. The monoisotopic (exact) mass is 296 g/mol. The number of piperidine rings is 1. The third-order valence-electron chi connectivity index (χ3n) is 4.83. The Morgan fingerprint density at radius 3 is 2.52 bits per heavy atom. The molecule has 0 radical (unpaired) electrons. The molecule has 2 rings (SSSR count). The van der Waals surface area contributed by atoms with Gasteiger partial charge in [0.1, 0.15) is 0 Å². The second kappa shape index (κ2) is 6.67. The Bertz CT molecular complexity index is 395. The van der Waals surface area contributed by atoms with Gasteiger partial charge in [-0.1, -0.05) is 33.1 Å². The van der Waals surface area contributed by atoms with Crippen LogP contribution in [0.1, 0.15) is 58.8 Å². The zero-order valence-electron chi connectivity index (χ0n) is 13.2. The number of likely N-dealkylation sites (tertiary alicyclic amines) is 1. The summed E-state index contributed by atoms with van der Waals surface area (Å²) >= 11 is 0. The first kappa shape index (κ1) is 16.1. The van der Waals surface area contributed by atoms with Crippen LogP contribution in [-0.4, -0.2) is 41.1 Å². The molecule has 2 amide bonds. The first-order valence-corrected chi connectivity index (χ1v) is 8.17. The molecule has 0 aromatic heterocycles. The van der Waals surface area contributed by atoms with Crippen molar-refractivity contribution >= 4 is 12.0 Å². The lowest BCUT2D eigenvalue weighted by Gasteiger charge is -2.39. The molecule has 1 heterocycles. The minimum Gasteiger partial charge on any atom is -0.481 e. The van der Waals surface area contributed by atoms with Crippen molar-refractivity contribution in [3.05, 3.63) is 0 Å². The van der Waals surface area contributed by atoms with E-state index in [9.17, 15) is 14.7 Å². The Kier molecular flexibility index (Phi) is 5.12. The van der Waals surface area contributed by atoms with Gasteiger partial charge >= 0.3 is 12.0 Å². The van der Waals surface area contributed by atoms with Crippen molar-refractivity contribution in [2.45, 2.75) is 64.8 Å². The van der Waals surface area contributed by atoms with Crippen LogP contribution in [0.15, 0.2) is 0 Å². The van der Waals surface area contributed by atoms with E-state index in [1.165, 1.54) is 0 Å². The Morgan fingerprint density at radius 2 is 1.86 bits per heavy atom. The number of carbonyl (C=O) groups excluding carboxylic acids is 1. The van der Waals surface area contributed by atoms with E-state index in [0.717, 1.165) is 51.6 Å². The molecular formula is C16H28N2O3. The summed E-state index contributed by atoms with van der Waals surface area (Å²) in [5.74, 6) is -1.21. The van der Waals surface area contributed by atoms with E-state index in [1.54, 1.807) is 0 Å². The predicted molar refractivity (Wildman–Crippen MR) is 81.1 cm³/mol. The van der Waals surface area contributed by atoms with Crippen molar-refractivity contribution in [2.24, 2.45) is 11.3 Å². The number of urea groups is 1. The molecule has 21 heavy (non-hydrogen) atoms. The van der Waals surface area contributed by atoms with Crippen LogP contribution in [-0.2, 0) is 4.79 Å². The van der Waals surface area contributed by atoms with Crippen LogP contribution < -0.4 is 5.32 Å². The highest BCUT2D eigenvalue weighted by atomic mass is 16.4. The lowest BCUT2D eigenvalue weighted by molar-refractivity contribution is -0.142. The molecule has 2 atom stereocenters. The van der Waals surface area contributed by atoms with Crippen LogP contribution in [0.25, 0.3) is 0 Å². The van der Waals surface area contributed by atoms with E-state index in [1.807, 2.05) is 4.90 Å². The minimum absolute atomic E-state index is 0.0825. The molecule has 1 saturated heterocycles. The van der Waals surface area contributed by atoms with E-state index < -0.39 is 11.9 Å². The van der Waals surface area contributed by atoms with E-state index in [0.29, 0.717) is 6.42 Å². The van der Waals surface area contributed by atoms with Crippen LogP contribution in [0.2, 0.25) is 0 Å². The third kappa shape index (κ3) is 4.35. The van der Waals surface area contributed by atoms with Crippen molar-refractivity contribution < 1.29 is 14.7 Å². The number of hydrogen-bond donors (Lipinski definition) is 2. The largest absolute Gasteiger partial charge is 0.481 e. The number of carbonyl (C=O) groups is 2. The molecule has 2 unspecified atom stereocenters. The van der Waals surface area contributed by atoms with Gasteiger partial charge in [-0.15, -0.1) is 0 Å². The lowest BCUT2D eigenvalue weighted by Crippen LogP contribution is -2.52. The van der Waals surface area contributed by atoms with Crippen LogP contribution in [0.4, 0.5) is 4.79 Å². The molecular weight excluding hydrogens is 268 g/mol. The molecule has 2 N–H and O–H groups in total. The van der Waals surface area contributed by atoms with Gasteiger partial charge in [0.05, 0.1) is 5.92 Å². The second-order valence-electron chi connectivity index (χ2n) is 7.33. The van der Waals surface area contributed by atoms with Crippen LogP contribution in [0.5, 0.6) is 0 Å².